The highest BCUT2D eigenvalue weighted by atomic mass is 35.5. The topological polar surface area (TPSA) is 81.4 Å². The molecule has 0 N–H and O–H groups in total. The maximum Gasteiger partial charge on any atom is 0.348 e. The van der Waals surface area contributed by atoms with Gasteiger partial charge in [-0.3, -0.25) is 10.1 Å². The maximum atomic E-state index is 11.0. The first-order valence-electron chi connectivity index (χ1n) is 5.56. The Morgan fingerprint density at radius 2 is 2.17 bits per heavy atom. The Morgan fingerprint density at radius 1 is 1.50 bits per heavy atom. The van der Waals surface area contributed by atoms with E-state index in [1.807, 2.05) is 0 Å². The van der Waals surface area contributed by atoms with Gasteiger partial charge in [0.25, 0.3) is 0 Å². The highest BCUT2D eigenvalue weighted by molar-refractivity contribution is 6.31. The van der Waals surface area contributed by atoms with Crippen LogP contribution in [0.5, 0.6) is 0 Å². The lowest BCUT2D eigenvalue weighted by atomic mass is 10.1. The zero-order valence-electron chi connectivity index (χ0n) is 9.87. The van der Waals surface area contributed by atoms with Gasteiger partial charge in [-0.05, 0) is 12.8 Å². The molecule has 1 aliphatic heterocycles. The largest absolute Gasteiger partial charge is 0.381 e. The lowest BCUT2D eigenvalue weighted by molar-refractivity contribution is -0.384. The van der Waals surface area contributed by atoms with Crippen LogP contribution in [0.4, 0.5) is 11.5 Å². The van der Waals surface area contributed by atoms with E-state index in [9.17, 15) is 10.1 Å². The van der Waals surface area contributed by atoms with Gasteiger partial charge in [-0.25, -0.2) is 9.97 Å². The van der Waals surface area contributed by atoms with Crippen molar-refractivity contribution in [3.8, 4) is 0 Å². The summed E-state index contributed by atoms with van der Waals surface area (Å²) in [7, 11) is 1.78. The molecule has 8 heteroatoms. The fourth-order valence-electron chi connectivity index (χ4n) is 2.01. The Balaban J connectivity index is 2.31. The van der Waals surface area contributed by atoms with Gasteiger partial charge in [-0.1, -0.05) is 11.6 Å². The van der Waals surface area contributed by atoms with Gasteiger partial charge in [0, 0.05) is 26.3 Å². The summed E-state index contributed by atoms with van der Waals surface area (Å²) < 4.78 is 5.27. The van der Waals surface area contributed by atoms with Crippen molar-refractivity contribution in [2.45, 2.75) is 18.9 Å². The Hall–Kier alpha value is -1.47. The second kappa shape index (κ2) is 5.45. The average Bonchev–Trinajstić information content (AvgIpc) is 2.38. The molecule has 0 bridgehead atoms. The van der Waals surface area contributed by atoms with Crippen LogP contribution in [0.15, 0.2) is 6.33 Å². The molecule has 1 aromatic rings. The molecule has 0 saturated carbocycles. The molecule has 0 radical (unpaired) electrons. The van der Waals surface area contributed by atoms with Crippen LogP contribution < -0.4 is 4.90 Å². The standard InChI is InChI=1S/C10H13ClN4O3/c1-14(7-2-4-18-5-3-7)10-8(15(16)17)9(11)12-6-13-10/h6-7H,2-5H2,1H3. The van der Waals surface area contributed by atoms with E-state index in [2.05, 4.69) is 9.97 Å². The molecule has 2 rings (SSSR count). The molecule has 2 heterocycles. The van der Waals surface area contributed by atoms with E-state index in [-0.39, 0.29) is 22.7 Å². The van der Waals surface area contributed by atoms with E-state index >= 15 is 0 Å². The highest BCUT2D eigenvalue weighted by Crippen LogP contribution is 2.32. The van der Waals surface area contributed by atoms with Crippen molar-refractivity contribution < 1.29 is 9.66 Å². The summed E-state index contributed by atoms with van der Waals surface area (Å²) in [5.41, 5.74) is -0.242. The van der Waals surface area contributed by atoms with Crippen molar-refractivity contribution in [3.63, 3.8) is 0 Å². The van der Waals surface area contributed by atoms with E-state index in [1.165, 1.54) is 6.33 Å². The first kappa shape index (κ1) is 13.0. The minimum absolute atomic E-state index is 0.135. The number of anilines is 1. The number of halogens is 1. The molecule has 0 atom stereocenters. The molecule has 7 nitrogen and oxygen atoms in total. The van der Waals surface area contributed by atoms with Crippen LogP contribution >= 0.6 is 11.6 Å². The van der Waals surface area contributed by atoms with E-state index in [4.69, 9.17) is 16.3 Å². The first-order valence-corrected chi connectivity index (χ1v) is 5.94. The molecular formula is C10H13ClN4O3. The summed E-state index contributed by atoms with van der Waals surface area (Å²) in [5, 5.41) is 10.9. The summed E-state index contributed by atoms with van der Waals surface area (Å²) in [6.45, 7) is 1.31. The molecule has 98 valence electrons. The zero-order chi connectivity index (χ0) is 13.1. The van der Waals surface area contributed by atoms with Gasteiger partial charge in [0.2, 0.25) is 11.0 Å². The Kier molecular flexibility index (Phi) is 3.93. The van der Waals surface area contributed by atoms with Crippen molar-refractivity contribution in [2.75, 3.05) is 25.2 Å². The van der Waals surface area contributed by atoms with Crippen LogP contribution in [0, 0.1) is 10.1 Å². The molecule has 1 fully saturated rings. The smallest absolute Gasteiger partial charge is 0.348 e. The van der Waals surface area contributed by atoms with Gasteiger partial charge < -0.3 is 9.64 Å². The van der Waals surface area contributed by atoms with E-state index in [0.717, 1.165) is 12.8 Å². The number of nitrogens with zero attached hydrogens (tertiary/aromatic N) is 4. The number of ether oxygens (including phenoxy) is 1. The lowest BCUT2D eigenvalue weighted by Crippen LogP contribution is -2.37. The van der Waals surface area contributed by atoms with Crippen LogP contribution in [0.3, 0.4) is 0 Å². The maximum absolute atomic E-state index is 11.0. The van der Waals surface area contributed by atoms with Gasteiger partial charge in [0.15, 0.2) is 0 Å². The molecule has 1 aliphatic rings. The second-order valence-corrected chi connectivity index (χ2v) is 4.41. The average molecular weight is 273 g/mol. The predicted molar refractivity (Wildman–Crippen MR) is 65.9 cm³/mol. The van der Waals surface area contributed by atoms with Gasteiger partial charge in [0.1, 0.15) is 6.33 Å². The van der Waals surface area contributed by atoms with Gasteiger partial charge in [-0.2, -0.15) is 0 Å². The molecule has 0 spiro atoms. The fraction of sp³-hybridized carbons (Fsp3) is 0.600. The number of aromatic nitrogens is 2. The van der Waals surface area contributed by atoms with Crippen molar-refractivity contribution in [2.24, 2.45) is 0 Å². The van der Waals surface area contributed by atoms with Crippen LogP contribution in [-0.4, -0.2) is 41.2 Å². The third-order valence-electron chi connectivity index (χ3n) is 3.01. The van der Waals surface area contributed by atoms with Crippen molar-refractivity contribution in [3.05, 3.63) is 21.6 Å². The molecule has 18 heavy (non-hydrogen) atoms. The van der Waals surface area contributed by atoms with Gasteiger partial charge in [-0.15, -0.1) is 0 Å². The second-order valence-electron chi connectivity index (χ2n) is 4.05. The molecule has 0 amide bonds. The van der Waals surface area contributed by atoms with E-state index in [0.29, 0.717) is 13.2 Å². The van der Waals surface area contributed by atoms with Crippen molar-refractivity contribution >= 4 is 23.1 Å². The number of hydrogen-bond donors (Lipinski definition) is 0. The zero-order valence-corrected chi connectivity index (χ0v) is 10.6. The number of hydrogen-bond acceptors (Lipinski definition) is 6. The summed E-state index contributed by atoms with van der Waals surface area (Å²) in [5.74, 6) is 0.256. The Labute approximate surface area is 109 Å². The van der Waals surface area contributed by atoms with Crippen molar-refractivity contribution in [1.82, 2.24) is 9.97 Å². The summed E-state index contributed by atoms with van der Waals surface area (Å²) in [6.07, 6.45) is 2.87. The Morgan fingerprint density at radius 3 is 2.78 bits per heavy atom. The SMILES string of the molecule is CN(c1ncnc(Cl)c1[N+](=O)[O-])C1CCOCC1. The highest BCUT2D eigenvalue weighted by Gasteiger charge is 2.28. The van der Waals surface area contributed by atoms with Crippen LogP contribution in [0.2, 0.25) is 5.15 Å². The van der Waals surface area contributed by atoms with Crippen LogP contribution in [-0.2, 0) is 4.74 Å². The monoisotopic (exact) mass is 272 g/mol. The Bertz CT molecular complexity index is 451. The fourth-order valence-corrected chi connectivity index (χ4v) is 2.21. The van der Waals surface area contributed by atoms with Crippen LogP contribution in [0.1, 0.15) is 12.8 Å². The molecule has 0 aromatic carbocycles. The van der Waals surface area contributed by atoms with E-state index in [1.54, 1.807) is 11.9 Å². The molecular weight excluding hydrogens is 260 g/mol. The lowest BCUT2D eigenvalue weighted by Gasteiger charge is -2.31. The molecule has 1 aromatic heterocycles. The summed E-state index contributed by atoms with van der Waals surface area (Å²) in [6, 6.07) is 0.170. The minimum Gasteiger partial charge on any atom is -0.381 e. The first-order chi connectivity index (χ1) is 8.61. The van der Waals surface area contributed by atoms with Crippen LogP contribution in [0.25, 0.3) is 0 Å². The third kappa shape index (κ3) is 2.51. The number of nitro groups is 1. The number of rotatable bonds is 3. The molecule has 0 aliphatic carbocycles. The summed E-state index contributed by atoms with van der Waals surface area (Å²) >= 11 is 5.76. The van der Waals surface area contributed by atoms with Gasteiger partial charge >= 0.3 is 5.69 Å². The van der Waals surface area contributed by atoms with Crippen molar-refractivity contribution in [1.29, 1.82) is 0 Å². The normalized spacial score (nSPS) is 16.6. The minimum atomic E-state index is -0.548. The third-order valence-corrected chi connectivity index (χ3v) is 3.29. The predicted octanol–water partition coefficient (Wildman–Crippen LogP) is 1.65. The summed E-state index contributed by atoms with van der Waals surface area (Å²) in [4.78, 5) is 19.9. The quantitative estimate of drug-likeness (QED) is 0.473. The van der Waals surface area contributed by atoms with E-state index < -0.39 is 4.92 Å². The van der Waals surface area contributed by atoms with Gasteiger partial charge in [0.05, 0.1) is 4.92 Å². The molecule has 1 saturated heterocycles. The molecule has 0 unspecified atom stereocenters.